The van der Waals surface area contributed by atoms with Gasteiger partial charge >= 0.3 is 5.97 Å². The topological polar surface area (TPSA) is 75.6 Å². The largest absolute Gasteiger partial charge is 0.508 e. The minimum absolute atomic E-state index is 0.0392. The summed E-state index contributed by atoms with van der Waals surface area (Å²) in [6.07, 6.45) is 0. The Hall–Kier alpha value is -2.96. The van der Waals surface area contributed by atoms with Crippen molar-refractivity contribution in [2.45, 2.75) is 0 Å². The van der Waals surface area contributed by atoms with Crippen LogP contribution in [-0.2, 0) is 9.53 Å². The Bertz CT molecular complexity index is 718. The minimum atomic E-state index is -1.10. The van der Waals surface area contributed by atoms with Crippen LogP contribution in [0.3, 0.4) is 0 Å². The van der Waals surface area contributed by atoms with Gasteiger partial charge in [-0.1, -0.05) is 6.07 Å². The van der Waals surface area contributed by atoms with Crippen molar-refractivity contribution in [1.29, 1.82) is 0 Å². The highest BCUT2D eigenvalue weighted by molar-refractivity contribution is 5.95. The maximum Gasteiger partial charge on any atom is 0.338 e. The average Bonchev–Trinajstić information content (AvgIpc) is 2.48. The van der Waals surface area contributed by atoms with Gasteiger partial charge in [-0.2, -0.15) is 0 Å². The number of aromatic hydroxyl groups is 1. The van der Waals surface area contributed by atoms with E-state index >= 15 is 0 Å². The summed E-state index contributed by atoms with van der Waals surface area (Å²) in [6, 6.07) is 8.28. The molecular formula is C15H11F2NO4. The molecule has 0 aliphatic heterocycles. The van der Waals surface area contributed by atoms with Gasteiger partial charge in [0.05, 0.1) is 5.56 Å². The second kappa shape index (κ2) is 6.66. The van der Waals surface area contributed by atoms with Gasteiger partial charge in [0.15, 0.2) is 18.2 Å². The smallest absolute Gasteiger partial charge is 0.338 e. The van der Waals surface area contributed by atoms with E-state index in [9.17, 15) is 23.5 Å². The Morgan fingerprint density at radius 2 is 1.86 bits per heavy atom. The lowest BCUT2D eigenvalue weighted by molar-refractivity contribution is -0.119. The van der Waals surface area contributed by atoms with Gasteiger partial charge in [0.2, 0.25) is 0 Å². The van der Waals surface area contributed by atoms with Crippen LogP contribution in [0.4, 0.5) is 14.5 Å². The lowest BCUT2D eigenvalue weighted by Crippen LogP contribution is -2.21. The molecule has 0 aliphatic carbocycles. The van der Waals surface area contributed by atoms with Crippen molar-refractivity contribution in [3.63, 3.8) is 0 Å². The summed E-state index contributed by atoms with van der Waals surface area (Å²) in [5.74, 6) is -3.75. The monoisotopic (exact) mass is 307 g/mol. The fraction of sp³-hybridized carbons (Fsp3) is 0.0667. The van der Waals surface area contributed by atoms with Crippen molar-refractivity contribution >= 4 is 17.6 Å². The fourth-order valence-corrected chi connectivity index (χ4v) is 1.62. The maximum absolute atomic E-state index is 13.0. The van der Waals surface area contributed by atoms with Crippen molar-refractivity contribution in [3.05, 3.63) is 59.7 Å². The Balaban J connectivity index is 1.90. The van der Waals surface area contributed by atoms with E-state index in [1.807, 2.05) is 0 Å². The molecule has 0 aromatic heterocycles. The minimum Gasteiger partial charge on any atom is -0.508 e. The third-order valence-corrected chi connectivity index (χ3v) is 2.62. The van der Waals surface area contributed by atoms with Crippen molar-refractivity contribution in [1.82, 2.24) is 0 Å². The van der Waals surface area contributed by atoms with E-state index in [1.54, 1.807) is 0 Å². The number of anilines is 1. The standard InChI is InChI=1S/C15H11F2NO4/c16-12-5-4-10(7-13(12)17)18-14(20)8-22-15(21)9-2-1-3-11(19)6-9/h1-7,19H,8H2,(H,18,20). The van der Waals surface area contributed by atoms with E-state index in [0.717, 1.165) is 12.1 Å². The molecular weight excluding hydrogens is 296 g/mol. The number of ether oxygens (including phenoxy) is 1. The number of hydrogen-bond acceptors (Lipinski definition) is 4. The highest BCUT2D eigenvalue weighted by Crippen LogP contribution is 2.14. The van der Waals surface area contributed by atoms with Crippen molar-refractivity contribution in [2.24, 2.45) is 0 Å². The zero-order valence-corrected chi connectivity index (χ0v) is 11.2. The number of carbonyl (C=O) groups is 2. The first kappa shape index (κ1) is 15.4. The van der Waals surface area contributed by atoms with Crippen LogP contribution in [0.1, 0.15) is 10.4 Å². The molecule has 0 saturated heterocycles. The lowest BCUT2D eigenvalue weighted by atomic mass is 10.2. The van der Waals surface area contributed by atoms with Gasteiger partial charge in [0.1, 0.15) is 5.75 Å². The molecule has 2 rings (SSSR count). The van der Waals surface area contributed by atoms with E-state index in [-0.39, 0.29) is 17.0 Å². The zero-order valence-electron chi connectivity index (χ0n) is 11.2. The second-order valence-electron chi connectivity index (χ2n) is 4.30. The molecule has 0 saturated carbocycles. The quantitative estimate of drug-likeness (QED) is 0.851. The number of esters is 1. The van der Waals surface area contributed by atoms with Crippen LogP contribution < -0.4 is 5.32 Å². The van der Waals surface area contributed by atoms with Gasteiger partial charge in [0, 0.05) is 11.8 Å². The average molecular weight is 307 g/mol. The van der Waals surface area contributed by atoms with Gasteiger partial charge in [-0.3, -0.25) is 4.79 Å². The van der Waals surface area contributed by atoms with Gasteiger partial charge in [-0.05, 0) is 30.3 Å². The van der Waals surface area contributed by atoms with Crippen LogP contribution in [0.2, 0.25) is 0 Å². The van der Waals surface area contributed by atoms with Crippen LogP contribution in [0.25, 0.3) is 0 Å². The number of carbonyl (C=O) groups excluding carboxylic acids is 2. The summed E-state index contributed by atoms with van der Waals surface area (Å²) in [5, 5.41) is 11.5. The molecule has 2 aromatic carbocycles. The van der Waals surface area contributed by atoms with E-state index in [2.05, 4.69) is 5.32 Å². The third-order valence-electron chi connectivity index (χ3n) is 2.62. The molecule has 0 spiro atoms. The summed E-state index contributed by atoms with van der Waals surface area (Å²) in [7, 11) is 0. The van der Waals surface area contributed by atoms with Crippen LogP contribution in [0.5, 0.6) is 5.75 Å². The zero-order chi connectivity index (χ0) is 16.1. The summed E-state index contributed by atoms with van der Waals surface area (Å²) in [4.78, 5) is 23.2. The molecule has 22 heavy (non-hydrogen) atoms. The van der Waals surface area contributed by atoms with Gasteiger partial charge in [-0.15, -0.1) is 0 Å². The summed E-state index contributed by atoms with van der Waals surface area (Å²) in [5.41, 5.74) is 0.123. The van der Waals surface area contributed by atoms with Gasteiger partial charge in [-0.25, -0.2) is 13.6 Å². The maximum atomic E-state index is 13.0. The van der Waals surface area contributed by atoms with Crippen LogP contribution in [-0.4, -0.2) is 23.6 Å². The molecule has 2 N–H and O–H groups in total. The first-order valence-electron chi connectivity index (χ1n) is 6.17. The van der Waals surface area contributed by atoms with E-state index < -0.39 is 30.1 Å². The SMILES string of the molecule is O=C(COC(=O)c1cccc(O)c1)Nc1ccc(F)c(F)c1. The predicted molar refractivity (Wildman–Crippen MR) is 73.4 cm³/mol. The highest BCUT2D eigenvalue weighted by Gasteiger charge is 2.11. The molecule has 2 aromatic rings. The van der Waals surface area contributed by atoms with E-state index in [1.165, 1.54) is 30.3 Å². The Kier molecular flexibility index (Phi) is 4.67. The molecule has 114 valence electrons. The molecule has 1 amide bonds. The highest BCUT2D eigenvalue weighted by atomic mass is 19.2. The first-order valence-corrected chi connectivity index (χ1v) is 6.17. The third kappa shape index (κ3) is 4.02. The Morgan fingerprint density at radius 1 is 1.09 bits per heavy atom. The van der Waals surface area contributed by atoms with E-state index in [4.69, 9.17) is 4.74 Å². The van der Waals surface area contributed by atoms with Crippen LogP contribution in [0.15, 0.2) is 42.5 Å². The van der Waals surface area contributed by atoms with Gasteiger partial charge < -0.3 is 15.2 Å². The second-order valence-corrected chi connectivity index (χ2v) is 4.30. The molecule has 0 radical (unpaired) electrons. The number of phenolic OH excluding ortho intramolecular Hbond substituents is 1. The van der Waals surface area contributed by atoms with Crippen molar-refractivity contribution in [3.8, 4) is 5.75 Å². The molecule has 0 fully saturated rings. The van der Waals surface area contributed by atoms with Gasteiger partial charge in [0.25, 0.3) is 5.91 Å². The molecule has 0 atom stereocenters. The number of benzene rings is 2. The Labute approximate surface area is 124 Å². The number of phenols is 1. The number of amides is 1. The summed E-state index contributed by atoms with van der Waals surface area (Å²) < 4.78 is 30.4. The number of hydrogen-bond donors (Lipinski definition) is 2. The molecule has 0 heterocycles. The van der Waals surface area contributed by atoms with Crippen molar-refractivity contribution in [2.75, 3.05) is 11.9 Å². The number of halogens is 2. The van der Waals surface area contributed by atoms with Crippen molar-refractivity contribution < 1.29 is 28.2 Å². The molecule has 0 unspecified atom stereocenters. The van der Waals surface area contributed by atoms with Crippen LogP contribution in [0, 0.1) is 11.6 Å². The lowest BCUT2D eigenvalue weighted by Gasteiger charge is -2.07. The molecule has 5 nitrogen and oxygen atoms in total. The Morgan fingerprint density at radius 3 is 2.55 bits per heavy atom. The first-order chi connectivity index (χ1) is 10.5. The molecule has 0 aliphatic rings. The number of rotatable bonds is 4. The fourth-order valence-electron chi connectivity index (χ4n) is 1.62. The predicted octanol–water partition coefficient (Wildman–Crippen LogP) is 2.47. The molecule has 7 heteroatoms. The summed E-state index contributed by atoms with van der Waals surface area (Å²) in [6.45, 7) is -0.604. The normalized spacial score (nSPS) is 10.1. The van der Waals surface area contributed by atoms with E-state index in [0.29, 0.717) is 0 Å². The molecule has 0 bridgehead atoms. The summed E-state index contributed by atoms with van der Waals surface area (Å²) >= 11 is 0. The van der Waals surface area contributed by atoms with Crippen LogP contribution >= 0.6 is 0 Å². The number of nitrogens with one attached hydrogen (secondary N) is 1.